The van der Waals surface area contributed by atoms with Gasteiger partial charge in [-0.15, -0.1) is 0 Å². The number of nitrogens with zero attached hydrogens (tertiary/aromatic N) is 2. The van der Waals surface area contributed by atoms with Crippen LogP contribution < -0.4 is 15.0 Å². The van der Waals surface area contributed by atoms with Gasteiger partial charge in [0.25, 0.3) is 5.91 Å². The van der Waals surface area contributed by atoms with Crippen molar-refractivity contribution in [2.75, 3.05) is 16.8 Å². The monoisotopic (exact) mass is 373 g/mol. The third-order valence-corrected chi connectivity index (χ3v) is 4.31. The molecule has 1 aromatic carbocycles. The van der Waals surface area contributed by atoms with Crippen LogP contribution in [0.25, 0.3) is 0 Å². The van der Waals surface area contributed by atoms with Crippen molar-refractivity contribution in [3.8, 4) is 5.75 Å². The number of ether oxygens (including phenoxy) is 1. The normalized spacial score (nSPS) is 15.2. The van der Waals surface area contributed by atoms with Crippen LogP contribution in [0, 0.1) is 6.92 Å². The first-order valence-corrected chi connectivity index (χ1v) is 8.67. The Balaban J connectivity index is 1.75. The maximum Gasteiger partial charge on any atom is 0.270 e. The number of aryl methyl sites for hydroxylation is 1. The number of halogens is 1. The molecule has 2 aromatic rings. The second kappa shape index (κ2) is 6.96. The van der Waals surface area contributed by atoms with E-state index in [1.165, 1.54) is 6.20 Å². The molecule has 0 unspecified atom stereocenters. The Bertz CT molecular complexity index is 867. The van der Waals surface area contributed by atoms with Crippen LogP contribution in [0.15, 0.2) is 36.5 Å². The summed E-state index contributed by atoms with van der Waals surface area (Å²) in [7, 11) is 0. The summed E-state index contributed by atoms with van der Waals surface area (Å²) in [5.41, 5.74) is 1.30. The van der Waals surface area contributed by atoms with Crippen molar-refractivity contribution in [1.82, 2.24) is 4.98 Å². The van der Waals surface area contributed by atoms with Crippen molar-refractivity contribution >= 4 is 34.8 Å². The van der Waals surface area contributed by atoms with Gasteiger partial charge in [0.2, 0.25) is 5.91 Å². The Morgan fingerprint density at radius 1 is 1.31 bits per heavy atom. The first kappa shape index (κ1) is 18.2. The van der Waals surface area contributed by atoms with E-state index in [1.54, 1.807) is 30.9 Å². The van der Waals surface area contributed by atoms with E-state index >= 15 is 0 Å². The number of benzene rings is 1. The first-order chi connectivity index (χ1) is 12.3. The summed E-state index contributed by atoms with van der Waals surface area (Å²) in [6.07, 6.45) is 1.67. The fourth-order valence-corrected chi connectivity index (χ4v) is 2.99. The minimum Gasteiger partial charge on any atom is -0.476 e. The molecule has 1 aliphatic heterocycles. The van der Waals surface area contributed by atoms with Gasteiger partial charge in [-0.25, -0.2) is 4.98 Å². The van der Waals surface area contributed by atoms with Gasteiger partial charge in [-0.1, -0.05) is 17.7 Å². The van der Waals surface area contributed by atoms with Gasteiger partial charge >= 0.3 is 0 Å². The molecule has 136 valence electrons. The molecule has 0 spiro atoms. The minimum absolute atomic E-state index is 0.148. The zero-order chi connectivity index (χ0) is 18.9. The van der Waals surface area contributed by atoms with Crippen LogP contribution in [0.4, 0.5) is 11.4 Å². The molecule has 1 aromatic heterocycles. The van der Waals surface area contributed by atoms with E-state index in [4.69, 9.17) is 16.3 Å². The largest absolute Gasteiger partial charge is 0.476 e. The summed E-state index contributed by atoms with van der Waals surface area (Å²) in [4.78, 5) is 30.5. The van der Waals surface area contributed by atoms with Gasteiger partial charge in [-0.05, 0) is 50.6 Å². The number of nitrogens with one attached hydrogen (secondary N) is 1. The Morgan fingerprint density at radius 2 is 2.08 bits per heavy atom. The predicted octanol–water partition coefficient (Wildman–Crippen LogP) is 3.58. The van der Waals surface area contributed by atoms with Crippen LogP contribution in [-0.4, -0.2) is 28.9 Å². The quantitative estimate of drug-likeness (QED) is 0.831. The number of amides is 2. The minimum atomic E-state index is -0.975. The lowest BCUT2D eigenvalue weighted by atomic mass is 10.0. The van der Waals surface area contributed by atoms with E-state index < -0.39 is 5.60 Å². The summed E-state index contributed by atoms with van der Waals surface area (Å²) in [5, 5.41) is 3.06. The van der Waals surface area contributed by atoms with Crippen LogP contribution in [0.1, 0.15) is 25.8 Å². The molecule has 6 nitrogen and oxygen atoms in total. The Labute approximate surface area is 157 Å². The highest BCUT2D eigenvalue weighted by Gasteiger charge is 2.40. The van der Waals surface area contributed by atoms with Crippen molar-refractivity contribution in [3.63, 3.8) is 0 Å². The Hall–Kier alpha value is -2.60. The molecular weight excluding hydrogens is 354 g/mol. The number of carbonyl (C=O) groups excluding carboxylic acids is 2. The molecule has 3 rings (SSSR count). The lowest BCUT2D eigenvalue weighted by molar-refractivity contribution is -0.132. The van der Waals surface area contributed by atoms with E-state index in [-0.39, 0.29) is 24.8 Å². The zero-order valence-electron chi connectivity index (χ0n) is 14.9. The topological polar surface area (TPSA) is 71.5 Å². The van der Waals surface area contributed by atoms with E-state index in [1.807, 2.05) is 25.1 Å². The summed E-state index contributed by atoms with van der Waals surface area (Å²) in [5.74, 6) is 0.260. The molecule has 0 radical (unpaired) electrons. The van der Waals surface area contributed by atoms with Crippen molar-refractivity contribution in [2.45, 2.75) is 32.8 Å². The van der Waals surface area contributed by atoms with Crippen LogP contribution in [0.5, 0.6) is 5.75 Å². The highest BCUT2D eigenvalue weighted by molar-refractivity contribution is 6.29. The third-order valence-electron chi connectivity index (χ3n) is 4.10. The molecule has 0 atom stereocenters. The van der Waals surface area contributed by atoms with Gasteiger partial charge < -0.3 is 15.0 Å². The predicted molar refractivity (Wildman–Crippen MR) is 101 cm³/mol. The molecule has 1 aliphatic rings. The number of carbonyl (C=O) groups is 2. The summed E-state index contributed by atoms with van der Waals surface area (Å²) >= 11 is 5.82. The summed E-state index contributed by atoms with van der Waals surface area (Å²) < 4.78 is 5.82. The summed E-state index contributed by atoms with van der Waals surface area (Å²) in [6.45, 7) is 5.66. The van der Waals surface area contributed by atoms with E-state index in [9.17, 15) is 9.59 Å². The van der Waals surface area contributed by atoms with Crippen molar-refractivity contribution in [1.29, 1.82) is 0 Å². The lowest BCUT2D eigenvalue weighted by Crippen LogP contribution is -2.53. The molecule has 0 fully saturated rings. The van der Waals surface area contributed by atoms with Gasteiger partial charge in [-0.3, -0.25) is 9.59 Å². The van der Waals surface area contributed by atoms with Crippen LogP contribution >= 0.6 is 11.6 Å². The molecule has 1 N–H and O–H groups in total. The highest BCUT2D eigenvalue weighted by atomic mass is 35.5. The zero-order valence-corrected chi connectivity index (χ0v) is 15.6. The third kappa shape index (κ3) is 3.80. The molecule has 2 amide bonds. The fraction of sp³-hybridized carbons (Fsp3) is 0.316. The number of pyridine rings is 1. The van der Waals surface area contributed by atoms with Gasteiger partial charge in [0.1, 0.15) is 10.9 Å². The summed E-state index contributed by atoms with van der Waals surface area (Å²) in [6, 6.07) is 8.91. The molecule has 0 bridgehead atoms. The second-order valence-electron chi connectivity index (χ2n) is 6.71. The van der Waals surface area contributed by atoms with Crippen molar-refractivity contribution in [2.24, 2.45) is 0 Å². The van der Waals surface area contributed by atoms with Crippen LogP contribution in [0.2, 0.25) is 5.15 Å². The van der Waals surface area contributed by atoms with Gasteiger partial charge in [0, 0.05) is 24.8 Å². The van der Waals surface area contributed by atoms with E-state index in [0.717, 1.165) is 5.56 Å². The van der Waals surface area contributed by atoms with Gasteiger partial charge in [0.15, 0.2) is 5.60 Å². The van der Waals surface area contributed by atoms with Crippen LogP contribution in [0.3, 0.4) is 0 Å². The first-order valence-electron chi connectivity index (χ1n) is 8.29. The second-order valence-corrected chi connectivity index (χ2v) is 7.09. The fourth-order valence-electron chi connectivity index (χ4n) is 2.82. The number of anilines is 2. The molecule has 0 aliphatic carbocycles. The van der Waals surface area contributed by atoms with E-state index in [0.29, 0.717) is 22.3 Å². The van der Waals surface area contributed by atoms with Gasteiger partial charge in [0.05, 0.1) is 5.69 Å². The number of hydrogen-bond acceptors (Lipinski definition) is 4. The van der Waals surface area contributed by atoms with Crippen molar-refractivity contribution < 1.29 is 14.3 Å². The maximum atomic E-state index is 12.8. The molecule has 2 heterocycles. The standard InChI is InChI=1S/C19H20ClN3O3/c1-12-4-5-15-14(10-12)23(18(25)19(2,3)26-15)9-7-17(24)22-13-6-8-21-16(20)11-13/h4-6,8,10-11H,7,9H2,1-3H3,(H,21,22,24). The Morgan fingerprint density at radius 3 is 2.81 bits per heavy atom. The van der Waals surface area contributed by atoms with Gasteiger partial charge in [-0.2, -0.15) is 0 Å². The number of fused-ring (bicyclic) bond motifs is 1. The lowest BCUT2D eigenvalue weighted by Gasteiger charge is -2.38. The number of aromatic nitrogens is 1. The molecule has 0 saturated heterocycles. The molecule has 7 heteroatoms. The molecule has 0 saturated carbocycles. The molecular formula is C19H20ClN3O3. The average molecular weight is 374 g/mol. The number of hydrogen-bond donors (Lipinski definition) is 1. The highest BCUT2D eigenvalue weighted by Crippen LogP contribution is 2.38. The van der Waals surface area contributed by atoms with E-state index in [2.05, 4.69) is 10.3 Å². The smallest absolute Gasteiger partial charge is 0.270 e. The van der Waals surface area contributed by atoms with Crippen LogP contribution in [-0.2, 0) is 9.59 Å². The molecule has 26 heavy (non-hydrogen) atoms. The number of rotatable bonds is 4. The average Bonchev–Trinajstić information content (AvgIpc) is 2.56. The van der Waals surface area contributed by atoms with Crippen molar-refractivity contribution in [3.05, 3.63) is 47.2 Å². The SMILES string of the molecule is Cc1ccc2c(c1)N(CCC(=O)Nc1ccnc(Cl)c1)C(=O)C(C)(C)O2. The maximum absolute atomic E-state index is 12.8. The Kier molecular flexibility index (Phi) is 4.87.